The molecule has 0 spiro atoms. The van der Waals surface area contributed by atoms with Gasteiger partial charge in [0.2, 0.25) is 5.78 Å². The SMILES string of the molecule is CSc1sc(C(=O)/C(C#N)=C/Nc2ccc(Cl)cn2)c2c1C=CCC2. The van der Waals surface area contributed by atoms with Crippen LogP contribution < -0.4 is 5.32 Å². The van der Waals surface area contributed by atoms with Gasteiger partial charge >= 0.3 is 0 Å². The molecule has 0 saturated heterocycles. The predicted octanol–water partition coefficient (Wildman–Crippen LogP) is 5.18. The highest BCUT2D eigenvalue weighted by atomic mass is 35.5. The maximum absolute atomic E-state index is 12.9. The molecular formula is C18H14ClN3OS2. The van der Waals surface area contributed by atoms with Crippen molar-refractivity contribution in [3.63, 3.8) is 0 Å². The lowest BCUT2D eigenvalue weighted by atomic mass is 9.97. The van der Waals surface area contributed by atoms with Crippen molar-refractivity contribution in [2.75, 3.05) is 11.6 Å². The molecular weight excluding hydrogens is 374 g/mol. The minimum Gasteiger partial charge on any atom is -0.345 e. The molecule has 2 aromatic rings. The van der Waals surface area contributed by atoms with E-state index in [-0.39, 0.29) is 11.4 Å². The van der Waals surface area contributed by atoms with Crippen molar-refractivity contribution in [1.82, 2.24) is 4.98 Å². The number of carbonyl (C=O) groups excluding carboxylic acids is 1. The molecule has 2 heterocycles. The summed E-state index contributed by atoms with van der Waals surface area (Å²) in [4.78, 5) is 17.6. The highest BCUT2D eigenvalue weighted by Gasteiger charge is 2.24. The van der Waals surface area contributed by atoms with E-state index in [4.69, 9.17) is 11.6 Å². The molecule has 4 nitrogen and oxygen atoms in total. The van der Waals surface area contributed by atoms with Gasteiger partial charge < -0.3 is 5.32 Å². The summed E-state index contributed by atoms with van der Waals surface area (Å²) < 4.78 is 1.11. The average molecular weight is 388 g/mol. The summed E-state index contributed by atoms with van der Waals surface area (Å²) in [5.41, 5.74) is 2.23. The summed E-state index contributed by atoms with van der Waals surface area (Å²) >= 11 is 8.88. The number of thioether (sulfide) groups is 1. The van der Waals surface area contributed by atoms with Crippen LogP contribution in [0.4, 0.5) is 5.82 Å². The fraction of sp³-hybridized carbons (Fsp3) is 0.167. The second kappa shape index (κ2) is 7.87. The van der Waals surface area contributed by atoms with Crippen LogP contribution in [0.3, 0.4) is 0 Å². The van der Waals surface area contributed by atoms with Crippen LogP contribution in [0.1, 0.15) is 27.2 Å². The van der Waals surface area contributed by atoms with E-state index < -0.39 is 0 Å². The molecule has 0 aromatic carbocycles. The van der Waals surface area contributed by atoms with Crippen molar-refractivity contribution < 1.29 is 4.79 Å². The Balaban J connectivity index is 1.89. The molecule has 0 fully saturated rings. The smallest absolute Gasteiger partial charge is 0.215 e. The molecule has 3 rings (SSSR count). The van der Waals surface area contributed by atoms with Crippen molar-refractivity contribution >= 4 is 52.4 Å². The van der Waals surface area contributed by atoms with Crippen molar-refractivity contribution in [1.29, 1.82) is 5.26 Å². The van der Waals surface area contributed by atoms with E-state index in [9.17, 15) is 10.1 Å². The lowest BCUT2D eigenvalue weighted by Crippen LogP contribution is -2.06. The van der Waals surface area contributed by atoms with Gasteiger partial charge in [-0.3, -0.25) is 4.79 Å². The van der Waals surface area contributed by atoms with E-state index >= 15 is 0 Å². The van der Waals surface area contributed by atoms with Crippen LogP contribution >= 0.6 is 34.7 Å². The van der Waals surface area contributed by atoms with Gasteiger partial charge in [-0.25, -0.2) is 4.98 Å². The molecule has 2 aromatic heterocycles. The minimum atomic E-state index is -0.249. The molecule has 1 N–H and O–H groups in total. The molecule has 0 amide bonds. The first-order chi connectivity index (χ1) is 12.1. The number of nitrogens with zero attached hydrogens (tertiary/aromatic N) is 2. The molecule has 25 heavy (non-hydrogen) atoms. The van der Waals surface area contributed by atoms with Gasteiger partial charge in [0.15, 0.2) is 0 Å². The molecule has 0 unspecified atom stereocenters. The molecule has 0 radical (unpaired) electrons. The third-order valence-corrected chi connectivity index (χ3v) is 6.31. The molecule has 1 aliphatic carbocycles. The Bertz CT molecular complexity index is 908. The van der Waals surface area contributed by atoms with E-state index in [1.807, 2.05) is 12.3 Å². The number of rotatable bonds is 5. The Hall–Kier alpha value is -2.07. The monoisotopic (exact) mass is 387 g/mol. The quantitative estimate of drug-likeness (QED) is 0.331. The molecule has 0 atom stereocenters. The lowest BCUT2D eigenvalue weighted by molar-refractivity contribution is 0.104. The Labute approximate surface area is 159 Å². The molecule has 0 saturated carbocycles. The highest BCUT2D eigenvalue weighted by molar-refractivity contribution is 8.00. The number of aromatic nitrogens is 1. The van der Waals surface area contributed by atoms with Gasteiger partial charge in [-0.2, -0.15) is 5.26 Å². The van der Waals surface area contributed by atoms with E-state index in [0.29, 0.717) is 15.7 Å². The first kappa shape index (κ1) is 17.7. The zero-order valence-corrected chi connectivity index (χ0v) is 15.8. The van der Waals surface area contributed by atoms with Gasteiger partial charge in [-0.05, 0) is 36.8 Å². The van der Waals surface area contributed by atoms with Gasteiger partial charge in [0.05, 0.1) is 14.1 Å². The van der Waals surface area contributed by atoms with Crippen LogP contribution in [0.5, 0.6) is 0 Å². The molecule has 1 aliphatic rings. The minimum absolute atomic E-state index is 0.0583. The summed E-state index contributed by atoms with van der Waals surface area (Å²) in [6, 6.07) is 5.36. The Morgan fingerprint density at radius 3 is 3.04 bits per heavy atom. The number of halogens is 1. The summed E-state index contributed by atoms with van der Waals surface area (Å²) in [6.45, 7) is 0. The summed E-state index contributed by atoms with van der Waals surface area (Å²) in [6.07, 6.45) is 10.8. The third kappa shape index (κ3) is 3.79. The Kier molecular flexibility index (Phi) is 5.59. The van der Waals surface area contributed by atoms with Gasteiger partial charge in [0, 0.05) is 18.0 Å². The molecule has 0 aliphatic heterocycles. The number of fused-ring (bicyclic) bond motifs is 1. The largest absolute Gasteiger partial charge is 0.345 e. The van der Waals surface area contributed by atoms with Gasteiger partial charge in [0.25, 0.3) is 0 Å². The molecule has 7 heteroatoms. The van der Waals surface area contributed by atoms with Crippen molar-refractivity contribution in [3.8, 4) is 6.07 Å². The number of carbonyl (C=O) groups is 1. The molecule has 0 bridgehead atoms. The normalized spacial score (nSPS) is 13.2. The maximum atomic E-state index is 12.9. The molecule has 126 valence electrons. The number of ketones is 1. The van der Waals surface area contributed by atoms with Crippen molar-refractivity contribution in [2.45, 2.75) is 17.1 Å². The third-order valence-electron chi connectivity index (χ3n) is 3.71. The first-order valence-corrected chi connectivity index (χ1v) is 9.95. The fourth-order valence-electron chi connectivity index (χ4n) is 2.51. The topological polar surface area (TPSA) is 65.8 Å². The summed E-state index contributed by atoms with van der Waals surface area (Å²) in [5, 5.41) is 12.8. The van der Waals surface area contributed by atoms with Gasteiger partial charge in [-0.15, -0.1) is 23.1 Å². The van der Waals surface area contributed by atoms with Crippen LogP contribution in [0, 0.1) is 11.3 Å². The first-order valence-electron chi connectivity index (χ1n) is 7.53. The number of thiophene rings is 1. The van der Waals surface area contributed by atoms with Crippen LogP contribution in [-0.4, -0.2) is 17.0 Å². The zero-order chi connectivity index (χ0) is 17.8. The van der Waals surface area contributed by atoms with E-state index in [1.54, 1.807) is 23.9 Å². The van der Waals surface area contributed by atoms with E-state index in [2.05, 4.69) is 22.5 Å². The average Bonchev–Trinajstić information content (AvgIpc) is 3.02. The van der Waals surface area contributed by atoms with Crippen molar-refractivity contribution in [2.24, 2.45) is 0 Å². The lowest BCUT2D eigenvalue weighted by Gasteiger charge is -2.08. The van der Waals surface area contributed by atoms with Crippen LogP contribution in [0.25, 0.3) is 6.08 Å². The standard InChI is InChI=1S/C18H14ClN3OS2/c1-24-18-14-5-3-2-4-13(14)17(25-18)16(23)11(8-20)9-21-15-7-6-12(19)10-22-15/h3,5-7,9-10H,2,4H2,1H3,(H,21,22)/b11-9+. The predicted molar refractivity (Wildman–Crippen MR) is 104 cm³/mol. The Morgan fingerprint density at radius 1 is 1.52 bits per heavy atom. The van der Waals surface area contributed by atoms with Crippen LogP contribution in [-0.2, 0) is 6.42 Å². The fourth-order valence-corrected chi connectivity index (χ4v) is 4.64. The van der Waals surface area contributed by atoms with Gasteiger partial charge in [-0.1, -0.05) is 23.8 Å². The number of nitriles is 1. The number of Topliss-reactive ketones (excluding diaryl/α,β-unsaturated/α-hetero) is 1. The highest BCUT2D eigenvalue weighted by Crippen LogP contribution is 2.39. The van der Waals surface area contributed by atoms with Crippen LogP contribution in [0.15, 0.2) is 40.4 Å². The maximum Gasteiger partial charge on any atom is 0.215 e. The van der Waals surface area contributed by atoms with Crippen LogP contribution in [0.2, 0.25) is 5.02 Å². The second-order valence-electron chi connectivity index (χ2n) is 5.26. The number of nitrogens with one attached hydrogen (secondary N) is 1. The number of hydrogen-bond donors (Lipinski definition) is 1. The number of allylic oxidation sites excluding steroid dienone is 2. The zero-order valence-electron chi connectivity index (χ0n) is 13.4. The van der Waals surface area contributed by atoms with E-state index in [0.717, 1.165) is 28.2 Å². The summed E-state index contributed by atoms with van der Waals surface area (Å²) in [7, 11) is 0. The number of hydrogen-bond acceptors (Lipinski definition) is 6. The van der Waals surface area contributed by atoms with Crippen molar-refractivity contribution in [3.05, 3.63) is 57.2 Å². The van der Waals surface area contributed by atoms with E-state index in [1.165, 1.54) is 23.7 Å². The van der Waals surface area contributed by atoms with Gasteiger partial charge in [0.1, 0.15) is 17.5 Å². The Morgan fingerprint density at radius 2 is 2.36 bits per heavy atom. The summed E-state index contributed by atoms with van der Waals surface area (Å²) in [5.74, 6) is 0.270. The second-order valence-corrected chi connectivity index (χ2v) is 7.79. The number of anilines is 1. The number of pyridine rings is 1.